The van der Waals surface area contributed by atoms with Gasteiger partial charge in [-0.25, -0.2) is 0 Å². The maximum Gasteiger partial charge on any atom is 0.0640 e. The SMILES string of the molecule is CN(CCC#N)c1ccc(Cl)c(Cl)c1. The molecule has 0 amide bonds. The van der Waals surface area contributed by atoms with E-state index >= 15 is 0 Å². The summed E-state index contributed by atoms with van der Waals surface area (Å²) in [5.41, 5.74) is 0.967. The van der Waals surface area contributed by atoms with Crippen molar-refractivity contribution < 1.29 is 0 Å². The van der Waals surface area contributed by atoms with Gasteiger partial charge in [-0.2, -0.15) is 5.26 Å². The first-order chi connectivity index (χ1) is 6.65. The van der Waals surface area contributed by atoms with Crippen LogP contribution in [0.3, 0.4) is 0 Å². The Labute approximate surface area is 93.7 Å². The number of halogens is 2. The largest absolute Gasteiger partial charge is 0.374 e. The van der Waals surface area contributed by atoms with Crippen LogP contribution in [-0.4, -0.2) is 13.6 Å². The average molecular weight is 229 g/mol. The Morgan fingerprint density at radius 2 is 2.07 bits per heavy atom. The van der Waals surface area contributed by atoms with Gasteiger partial charge in [-0.1, -0.05) is 23.2 Å². The molecule has 0 aliphatic rings. The van der Waals surface area contributed by atoms with E-state index in [1.807, 2.05) is 18.0 Å². The van der Waals surface area contributed by atoms with Crippen molar-refractivity contribution in [3.8, 4) is 6.07 Å². The van der Waals surface area contributed by atoms with Gasteiger partial charge in [0.2, 0.25) is 0 Å². The first kappa shape index (κ1) is 11.2. The number of anilines is 1. The molecule has 1 rings (SSSR count). The minimum atomic E-state index is 0.497. The zero-order chi connectivity index (χ0) is 10.6. The van der Waals surface area contributed by atoms with E-state index in [0.29, 0.717) is 23.0 Å². The molecule has 14 heavy (non-hydrogen) atoms. The van der Waals surface area contributed by atoms with Gasteiger partial charge in [0.25, 0.3) is 0 Å². The fraction of sp³-hybridized carbons (Fsp3) is 0.300. The first-order valence-electron chi connectivity index (χ1n) is 4.18. The van der Waals surface area contributed by atoms with Crippen LogP contribution in [0.5, 0.6) is 0 Å². The third-order valence-electron chi connectivity index (χ3n) is 1.90. The fourth-order valence-electron chi connectivity index (χ4n) is 1.07. The van der Waals surface area contributed by atoms with Gasteiger partial charge in [-0.3, -0.25) is 0 Å². The van der Waals surface area contributed by atoms with E-state index in [1.54, 1.807) is 12.1 Å². The summed E-state index contributed by atoms with van der Waals surface area (Å²) in [4.78, 5) is 1.96. The van der Waals surface area contributed by atoms with Crippen molar-refractivity contribution >= 4 is 28.9 Å². The highest BCUT2D eigenvalue weighted by molar-refractivity contribution is 6.42. The maximum absolute atomic E-state index is 8.44. The number of nitriles is 1. The van der Waals surface area contributed by atoms with Gasteiger partial charge in [-0.05, 0) is 18.2 Å². The van der Waals surface area contributed by atoms with Crippen molar-refractivity contribution in [2.24, 2.45) is 0 Å². The Kier molecular flexibility index (Phi) is 4.06. The molecule has 1 aromatic rings. The lowest BCUT2D eigenvalue weighted by Crippen LogP contribution is -2.17. The van der Waals surface area contributed by atoms with Crippen LogP contribution in [0.25, 0.3) is 0 Å². The van der Waals surface area contributed by atoms with E-state index in [1.165, 1.54) is 0 Å². The Bertz CT molecular complexity index is 358. The van der Waals surface area contributed by atoms with Crippen LogP contribution in [0.2, 0.25) is 10.0 Å². The molecule has 4 heteroatoms. The van der Waals surface area contributed by atoms with Gasteiger partial charge in [-0.15, -0.1) is 0 Å². The van der Waals surface area contributed by atoms with Crippen LogP contribution in [0.15, 0.2) is 18.2 Å². The molecule has 0 bridgehead atoms. The second-order valence-corrected chi connectivity index (χ2v) is 3.74. The summed E-state index contributed by atoms with van der Waals surface area (Å²) in [5, 5.41) is 9.52. The topological polar surface area (TPSA) is 27.0 Å². The molecule has 0 atom stereocenters. The summed E-state index contributed by atoms with van der Waals surface area (Å²) in [5.74, 6) is 0. The Morgan fingerprint density at radius 3 is 2.64 bits per heavy atom. The molecule has 0 radical (unpaired) electrons. The summed E-state index contributed by atoms with van der Waals surface area (Å²) in [6, 6.07) is 7.52. The number of benzene rings is 1. The van der Waals surface area contributed by atoms with Crippen LogP contribution < -0.4 is 4.90 Å². The summed E-state index contributed by atoms with van der Waals surface area (Å²) >= 11 is 11.7. The highest BCUT2D eigenvalue weighted by Gasteiger charge is 2.03. The van der Waals surface area contributed by atoms with E-state index in [4.69, 9.17) is 28.5 Å². The number of hydrogen-bond donors (Lipinski definition) is 0. The van der Waals surface area contributed by atoms with E-state index in [9.17, 15) is 0 Å². The third-order valence-corrected chi connectivity index (χ3v) is 2.64. The molecule has 0 fully saturated rings. The summed E-state index contributed by atoms with van der Waals surface area (Å²) in [6.07, 6.45) is 0.497. The number of hydrogen-bond acceptors (Lipinski definition) is 2. The molecule has 0 spiro atoms. The van der Waals surface area contributed by atoms with Gasteiger partial charge in [0.05, 0.1) is 22.5 Å². The van der Waals surface area contributed by atoms with Crippen LogP contribution in [0.4, 0.5) is 5.69 Å². The molecule has 0 unspecified atom stereocenters. The molecule has 1 aromatic carbocycles. The Morgan fingerprint density at radius 1 is 1.36 bits per heavy atom. The summed E-state index contributed by atoms with van der Waals surface area (Å²) in [6.45, 7) is 0.689. The van der Waals surface area contributed by atoms with Crippen LogP contribution in [0.1, 0.15) is 6.42 Å². The molecule has 0 N–H and O–H groups in total. The fourth-order valence-corrected chi connectivity index (χ4v) is 1.36. The highest BCUT2D eigenvalue weighted by atomic mass is 35.5. The average Bonchev–Trinajstić information content (AvgIpc) is 2.18. The van der Waals surface area contributed by atoms with Crippen molar-refractivity contribution in [3.63, 3.8) is 0 Å². The minimum Gasteiger partial charge on any atom is -0.374 e. The van der Waals surface area contributed by atoms with Gasteiger partial charge < -0.3 is 4.90 Å². The van der Waals surface area contributed by atoms with Gasteiger partial charge in [0, 0.05) is 19.3 Å². The van der Waals surface area contributed by atoms with Crippen molar-refractivity contribution in [1.29, 1.82) is 5.26 Å². The van der Waals surface area contributed by atoms with Crippen LogP contribution in [0, 0.1) is 11.3 Å². The van der Waals surface area contributed by atoms with E-state index in [0.717, 1.165) is 5.69 Å². The number of rotatable bonds is 3. The minimum absolute atomic E-state index is 0.497. The van der Waals surface area contributed by atoms with Gasteiger partial charge in [0.15, 0.2) is 0 Å². The standard InChI is InChI=1S/C10H10Cl2N2/c1-14(6-2-5-13)8-3-4-9(11)10(12)7-8/h3-4,7H,2,6H2,1H3. The molecule has 74 valence electrons. The van der Waals surface area contributed by atoms with Crippen molar-refractivity contribution in [2.75, 3.05) is 18.5 Å². The third kappa shape index (κ3) is 2.80. The van der Waals surface area contributed by atoms with Crippen molar-refractivity contribution in [1.82, 2.24) is 0 Å². The highest BCUT2D eigenvalue weighted by Crippen LogP contribution is 2.26. The lowest BCUT2D eigenvalue weighted by Gasteiger charge is -2.17. The van der Waals surface area contributed by atoms with Crippen LogP contribution in [-0.2, 0) is 0 Å². The zero-order valence-electron chi connectivity index (χ0n) is 7.80. The van der Waals surface area contributed by atoms with Gasteiger partial charge in [0.1, 0.15) is 0 Å². The van der Waals surface area contributed by atoms with E-state index in [-0.39, 0.29) is 0 Å². The quantitative estimate of drug-likeness (QED) is 0.794. The molecular weight excluding hydrogens is 219 g/mol. The molecule has 0 aromatic heterocycles. The smallest absolute Gasteiger partial charge is 0.0640 e. The molecule has 0 aliphatic carbocycles. The second kappa shape index (κ2) is 5.09. The predicted molar refractivity (Wildman–Crippen MR) is 60.0 cm³/mol. The lowest BCUT2D eigenvalue weighted by atomic mass is 10.3. The predicted octanol–water partition coefficient (Wildman–Crippen LogP) is 3.34. The van der Waals surface area contributed by atoms with E-state index < -0.39 is 0 Å². The van der Waals surface area contributed by atoms with Crippen molar-refractivity contribution in [2.45, 2.75) is 6.42 Å². The molecular formula is C10H10Cl2N2. The van der Waals surface area contributed by atoms with Crippen molar-refractivity contribution in [3.05, 3.63) is 28.2 Å². The lowest BCUT2D eigenvalue weighted by molar-refractivity contribution is 0.905. The van der Waals surface area contributed by atoms with Gasteiger partial charge >= 0.3 is 0 Å². The molecule has 0 saturated carbocycles. The second-order valence-electron chi connectivity index (χ2n) is 2.93. The maximum atomic E-state index is 8.44. The zero-order valence-corrected chi connectivity index (χ0v) is 9.31. The summed E-state index contributed by atoms with van der Waals surface area (Å²) in [7, 11) is 1.91. The first-order valence-corrected chi connectivity index (χ1v) is 4.94. The van der Waals surface area contributed by atoms with Crippen LogP contribution >= 0.6 is 23.2 Å². The molecule has 2 nitrogen and oxygen atoms in total. The Balaban J connectivity index is 2.76. The molecule has 0 heterocycles. The van der Waals surface area contributed by atoms with E-state index in [2.05, 4.69) is 6.07 Å². The summed E-state index contributed by atoms with van der Waals surface area (Å²) < 4.78 is 0. The normalized spacial score (nSPS) is 9.57. The molecule has 0 aliphatic heterocycles. The molecule has 0 saturated heterocycles. The monoisotopic (exact) mass is 228 g/mol. The number of nitrogens with zero attached hydrogens (tertiary/aromatic N) is 2. The Hall–Kier alpha value is -0.910.